The van der Waals surface area contributed by atoms with E-state index in [9.17, 15) is 19.7 Å². The van der Waals surface area contributed by atoms with Gasteiger partial charge < -0.3 is 35.1 Å². The lowest BCUT2D eigenvalue weighted by Gasteiger charge is -2.40. The highest BCUT2D eigenvalue weighted by Crippen LogP contribution is 2.60. The molecule has 1 amide bonds. The van der Waals surface area contributed by atoms with Crippen LogP contribution in [0.4, 0.5) is 0 Å². The van der Waals surface area contributed by atoms with Crippen molar-refractivity contribution in [2.75, 3.05) is 13.1 Å². The number of hydrogen-bond acceptors (Lipinski definition) is 7. The molecule has 1 saturated carbocycles. The average molecular weight is 412 g/mol. The lowest BCUT2D eigenvalue weighted by molar-refractivity contribution is -0.141. The molecule has 3 heterocycles. The van der Waals surface area contributed by atoms with E-state index in [2.05, 4.69) is 9.97 Å². The Hall–Kier alpha value is -3.05. The van der Waals surface area contributed by atoms with Crippen LogP contribution in [0.5, 0.6) is 11.5 Å². The summed E-state index contributed by atoms with van der Waals surface area (Å²) in [6.07, 6.45) is 3.96. The number of aromatic nitrogens is 2. The second-order valence-corrected chi connectivity index (χ2v) is 8.05. The molecule has 0 spiro atoms. The molecular formula is C19H21BN4O6. The van der Waals surface area contributed by atoms with Crippen molar-refractivity contribution in [2.24, 2.45) is 5.73 Å². The van der Waals surface area contributed by atoms with E-state index in [0.29, 0.717) is 19.5 Å². The fourth-order valence-electron chi connectivity index (χ4n) is 4.22. The number of aromatic carboxylic acids is 1. The normalized spacial score (nSPS) is 23.0. The Morgan fingerprint density at radius 2 is 2.23 bits per heavy atom. The van der Waals surface area contributed by atoms with Crippen molar-refractivity contribution >= 4 is 19.0 Å². The van der Waals surface area contributed by atoms with Crippen LogP contribution in [0.3, 0.4) is 0 Å². The summed E-state index contributed by atoms with van der Waals surface area (Å²) in [6.45, 7) is 0.639. The van der Waals surface area contributed by atoms with Crippen molar-refractivity contribution in [1.29, 1.82) is 0 Å². The van der Waals surface area contributed by atoms with Gasteiger partial charge in [-0.1, -0.05) is 6.07 Å². The maximum atomic E-state index is 12.5. The number of imidazole rings is 1. The molecule has 30 heavy (non-hydrogen) atoms. The number of hydrogen-bond donors (Lipinski definition) is 4. The zero-order valence-corrected chi connectivity index (χ0v) is 16.0. The standard InChI is InChI=1S/C19H21BN4O6/c21-14(3-9-5-22-8-23-9)18(25)24-6-10(7-24)29-15-2-1-11-12-4-13(12)20(28)30-17(11)16(15)19(26)27/h1-2,5,8,10,12-14,28H,3-4,6-7,21H2,(H,22,23)(H,26,27)/t12-,13-,14-/m1/s1. The number of benzene rings is 1. The van der Waals surface area contributed by atoms with E-state index >= 15 is 0 Å². The van der Waals surface area contributed by atoms with Gasteiger partial charge in [0.2, 0.25) is 5.91 Å². The molecule has 3 atom stereocenters. The quantitative estimate of drug-likeness (QED) is 0.484. The number of nitrogens with two attached hydrogens (primary N) is 1. The number of nitrogens with zero attached hydrogens (tertiary/aromatic N) is 2. The number of ether oxygens (including phenoxy) is 1. The van der Waals surface area contributed by atoms with Crippen LogP contribution in [0.2, 0.25) is 5.82 Å². The molecule has 11 heteroatoms. The predicted molar refractivity (Wildman–Crippen MR) is 104 cm³/mol. The van der Waals surface area contributed by atoms with Crippen LogP contribution < -0.4 is 15.1 Å². The second kappa shape index (κ2) is 7.03. The molecule has 10 nitrogen and oxygen atoms in total. The highest BCUT2D eigenvalue weighted by atomic mass is 16.5. The number of carbonyl (C=O) groups is 2. The average Bonchev–Trinajstić information content (AvgIpc) is 3.33. The number of rotatable bonds is 6. The first-order valence-electron chi connectivity index (χ1n) is 9.85. The van der Waals surface area contributed by atoms with Gasteiger partial charge in [0, 0.05) is 24.1 Å². The minimum absolute atomic E-state index is 0.0306. The van der Waals surface area contributed by atoms with Gasteiger partial charge in [0.15, 0.2) is 0 Å². The lowest BCUT2D eigenvalue weighted by atomic mass is 9.77. The number of H-pyrrole nitrogens is 1. The Kier molecular flexibility index (Phi) is 4.44. The number of carboxylic acids is 1. The molecule has 2 aromatic rings. The zero-order chi connectivity index (χ0) is 21.0. The van der Waals surface area contributed by atoms with E-state index < -0.39 is 19.1 Å². The number of likely N-dealkylation sites (tertiary alicyclic amines) is 1. The van der Waals surface area contributed by atoms with Crippen LogP contribution in [0.1, 0.15) is 34.0 Å². The van der Waals surface area contributed by atoms with Crippen molar-refractivity contribution < 1.29 is 29.1 Å². The molecule has 1 aliphatic carbocycles. The van der Waals surface area contributed by atoms with E-state index in [1.54, 1.807) is 23.2 Å². The molecule has 5 N–H and O–H groups in total. The van der Waals surface area contributed by atoms with Gasteiger partial charge in [-0.2, -0.15) is 0 Å². The molecule has 0 unspecified atom stereocenters. The van der Waals surface area contributed by atoms with Gasteiger partial charge in [-0.25, -0.2) is 9.78 Å². The van der Waals surface area contributed by atoms with Gasteiger partial charge in [-0.05, 0) is 24.0 Å². The molecular weight excluding hydrogens is 391 g/mol. The molecule has 0 bridgehead atoms. The van der Waals surface area contributed by atoms with Crippen LogP contribution in [0.25, 0.3) is 0 Å². The molecule has 156 valence electrons. The summed E-state index contributed by atoms with van der Waals surface area (Å²) in [6, 6.07) is 2.74. The van der Waals surface area contributed by atoms with Gasteiger partial charge in [0.1, 0.15) is 23.2 Å². The molecule has 1 saturated heterocycles. The summed E-state index contributed by atoms with van der Waals surface area (Å²) in [5.74, 6) is -0.861. The van der Waals surface area contributed by atoms with Gasteiger partial charge in [-0.15, -0.1) is 0 Å². The Morgan fingerprint density at radius 3 is 2.93 bits per heavy atom. The van der Waals surface area contributed by atoms with E-state index in [1.807, 2.05) is 0 Å². The predicted octanol–water partition coefficient (Wildman–Crippen LogP) is -0.00210. The molecule has 1 aromatic carbocycles. The van der Waals surface area contributed by atoms with Crippen LogP contribution in [0, 0.1) is 0 Å². The van der Waals surface area contributed by atoms with E-state index in [4.69, 9.17) is 15.1 Å². The van der Waals surface area contributed by atoms with E-state index in [-0.39, 0.29) is 40.8 Å². The lowest BCUT2D eigenvalue weighted by Crippen LogP contribution is -2.60. The minimum atomic E-state index is -1.18. The Morgan fingerprint density at radius 1 is 1.43 bits per heavy atom. The first kappa shape index (κ1) is 19.0. The molecule has 5 rings (SSSR count). The summed E-state index contributed by atoms with van der Waals surface area (Å²) in [5.41, 5.74) is 7.48. The van der Waals surface area contributed by atoms with Crippen molar-refractivity contribution in [1.82, 2.24) is 14.9 Å². The molecule has 2 aliphatic heterocycles. The summed E-state index contributed by atoms with van der Waals surface area (Å²) in [4.78, 5) is 32.8. The zero-order valence-electron chi connectivity index (χ0n) is 16.0. The largest absolute Gasteiger partial charge is 0.535 e. The molecule has 2 fully saturated rings. The number of nitrogens with one attached hydrogen (secondary N) is 1. The maximum Gasteiger partial charge on any atom is 0.526 e. The van der Waals surface area contributed by atoms with Crippen LogP contribution in [-0.4, -0.2) is 69.2 Å². The smallest absolute Gasteiger partial charge is 0.526 e. The number of carboxylic acid groups (broad SMARTS) is 1. The highest BCUT2D eigenvalue weighted by molar-refractivity contribution is 6.48. The second-order valence-electron chi connectivity index (χ2n) is 8.05. The van der Waals surface area contributed by atoms with Crippen molar-refractivity contribution in [2.45, 2.75) is 36.7 Å². The number of amides is 1. The van der Waals surface area contributed by atoms with Gasteiger partial charge in [0.05, 0.1) is 25.5 Å². The van der Waals surface area contributed by atoms with Gasteiger partial charge >= 0.3 is 13.1 Å². The Labute approximate surface area is 172 Å². The van der Waals surface area contributed by atoms with Crippen molar-refractivity contribution in [3.05, 3.63) is 41.5 Å². The summed E-state index contributed by atoms with van der Waals surface area (Å²) < 4.78 is 11.4. The highest BCUT2D eigenvalue weighted by Gasteiger charge is 2.54. The van der Waals surface area contributed by atoms with E-state index in [1.165, 1.54) is 6.33 Å². The third-order valence-electron chi connectivity index (χ3n) is 5.97. The van der Waals surface area contributed by atoms with Crippen LogP contribution in [0.15, 0.2) is 24.7 Å². The molecule has 1 aromatic heterocycles. The van der Waals surface area contributed by atoms with Gasteiger partial charge in [-0.3, -0.25) is 4.79 Å². The first-order valence-corrected chi connectivity index (χ1v) is 9.85. The summed E-state index contributed by atoms with van der Waals surface area (Å²) in [5, 5.41) is 19.7. The number of carbonyl (C=O) groups excluding carboxylic acids is 1. The van der Waals surface area contributed by atoms with Crippen LogP contribution in [-0.2, 0) is 11.2 Å². The van der Waals surface area contributed by atoms with Gasteiger partial charge in [0.25, 0.3) is 0 Å². The van der Waals surface area contributed by atoms with Crippen molar-refractivity contribution in [3.63, 3.8) is 0 Å². The Bertz CT molecular complexity index is 993. The number of fused-ring (bicyclic) bond motifs is 3. The summed E-state index contributed by atoms with van der Waals surface area (Å²) in [7, 11) is -0.996. The number of aromatic amines is 1. The first-order chi connectivity index (χ1) is 14.4. The Balaban J connectivity index is 1.25. The monoisotopic (exact) mass is 412 g/mol. The summed E-state index contributed by atoms with van der Waals surface area (Å²) >= 11 is 0. The topological polar surface area (TPSA) is 151 Å². The third-order valence-corrected chi connectivity index (χ3v) is 5.97. The minimum Gasteiger partial charge on any atom is -0.535 e. The maximum absolute atomic E-state index is 12.5. The third kappa shape index (κ3) is 3.19. The van der Waals surface area contributed by atoms with Crippen LogP contribution >= 0.6 is 0 Å². The SMILES string of the molecule is N[C@H](Cc1cnc[nH]1)C(=O)N1CC(Oc2ccc3c(c2C(=O)O)OB(O)[C@@H]2C[C@H]32)C1. The molecule has 0 radical (unpaired) electrons. The van der Waals surface area contributed by atoms with Crippen molar-refractivity contribution in [3.8, 4) is 11.5 Å². The molecule has 3 aliphatic rings. The van der Waals surface area contributed by atoms with E-state index in [0.717, 1.165) is 17.7 Å². The fourth-order valence-corrected chi connectivity index (χ4v) is 4.22. The fraction of sp³-hybridized carbons (Fsp3) is 0.421.